The van der Waals surface area contributed by atoms with Crippen LogP contribution in [0.3, 0.4) is 0 Å². The number of unbranched alkanes of at least 4 members (excludes halogenated alkanes) is 1. The Labute approximate surface area is 119 Å². The molecular weight excluding hydrogens is 256 g/mol. The summed E-state index contributed by atoms with van der Waals surface area (Å²) in [6, 6.07) is 5.60. The molecule has 0 aliphatic rings. The fourth-order valence-electron chi connectivity index (χ4n) is 1.72. The molecule has 0 spiro atoms. The fraction of sp³-hybridized carbons (Fsp3) is 0.533. The number of aryl methyl sites for hydroxylation is 1. The zero-order chi connectivity index (χ0) is 15.2. The Hall–Kier alpha value is -2.09. The number of pyridine rings is 1. The third kappa shape index (κ3) is 4.88. The van der Waals surface area contributed by atoms with Crippen LogP contribution in [0.1, 0.15) is 49.3 Å². The van der Waals surface area contributed by atoms with E-state index in [9.17, 15) is 4.79 Å². The average Bonchev–Trinajstić information content (AvgIpc) is 2.39. The van der Waals surface area contributed by atoms with Crippen LogP contribution in [0.2, 0.25) is 0 Å². The molecule has 20 heavy (non-hydrogen) atoms. The summed E-state index contributed by atoms with van der Waals surface area (Å²) in [6.07, 6.45) is 2.44. The number of carboxylic acids is 1. The van der Waals surface area contributed by atoms with Crippen molar-refractivity contribution in [3.05, 3.63) is 23.5 Å². The van der Waals surface area contributed by atoms with Gasteiger partial charge in [-0.15, -0.1) is 0 Å². The number of carbonyl (C=O) groups is 1. The van der Waals surface area contributed by atoms with Crippen LogP contribution in [0.25, 0.3) is 0 Å². The monoisotopic (exact) mass is 276 g/mol. The minimum atomic E-state index is -1.09. The molecule has 108 valence electrons. The highest BCUT2D eigenvalue weighted by Gasteiger charge is 2.16. The standard InChI is InChI=1S/C15H20N2O3/c1-11-6-7-12(13(17-11)14(18)19)20-9-5-4-8-15(2,3)10-16/h6-7H,4-5,8-9H2,1-3H3,(H,18,19). The van der Waals surface area contributed by atoms with E-state index in [4.69, 9.17) is 15.1 Å². The number of aromatic carboxylic acids is 1. The molecular formula is C15H20N2O3. The number of nitriles is 1. The summed E-state index contributed by atoms with van der Waals surface area (Å²) < 4.78 is 5.48. The Morgan fingerprint density at radius 3 is 2.75 bits per heavy atom. The van der Waals surface area contributed by atoms with Gasteiger partial charge in [-0.05, 0) is 52.2 Å². The molecule has 0 bridgehead atoms. The van der Waals surface area contributed by atoms with Gasteiger partial charge in [-0.2, -0.15) is 5.26 Å². The molecule has 0 atom stereocenters. The maximum atomic E-state index is 11.1. The third-order valence-corrected chi connectivity index (χ3v) is 2.96. The Kier molecular flexibility index (Phi) is 5.51. The highest BCUT2D eigenvalue weighted by atomic mass is 16.5. The van der Waals surface area contributed by atoms with Crippen LogP contribution in [-0.4, -0.2) is 22.7 Å². The van der Waals surface area contributed by atoms with Crippen molar-refractivity contribution in [3.63, 3.8) is 0 Å². The molecule has 0 amide bonds. The van der Waals surface area contributed by atoms with Crippen molar-refractivity contribution in [1.82, 2.24) is 4.98 Å². The topological polar surface area (TPSA) is 83.2 Å². The predicted octanol–water partition coefficient (Wildman–Crippen LogP) is 3.19. The number of carboxylic acid groups (broad SMARTS) is 1. The summed E-state index contributed by atoms with van der Waals surface area (Å²) in [5.41, 5.74) is 0.269. The number of aromatic nitrogens is 1. The molecule has 0 fully saturated rings. The van der Waals surface area contributed by atoms with Crippen molar-refractivity contribution in [1.29, 1.82) is 5.26 Å². The molecule has 0 aliphatic heterocycles. The zero-order valence-electron chi connectivity index (χ0n) is 12.1. The van der Waals surface area contributed by atoms with Crippen LogP contribution in [0.15, 0.2) is 12.1 Å². The van der Waals surface area contributed by atoms with Crippen LogP contribution in [0.5, 0.6) is 5.75 Å². The number of ether oxygens (including phenoxy) is 1. The smallest absolute Gasteiger partial charge is 0.358 e. The first-order valence-electron chi connectivity index (χ1n) is 6.61. The van der Waals surface area contributed by atoms with Gasteiger partial charge in [0, 0.05) is 5.69 Å². The van der Waals surface area contributed by atoms with Gasteiger partial charge in [0.1, 0.15) is 0 Å². The molecule has 1 aromatic heterocycles. The van der Waals surface area contributed by atoms with E-state index in [1.807, 2.05) is 13.8 Å². The van der Waals surface area contributed by atoms with E-state index in [0.717, 1.165) is 19.3 Å². The lowest BCUT2D eigenvalue weighted by atomic mass is 9.89. The fourth-order valence-corrected chi connectivity index (χ4v) is 1.72. The molecule has 0 saturated carbocycles. The molecule has 0 aliphatic carbocycles. The number of nitrogens with zero attached hydrogens (tertiary/aromatic N) is 2. The quantitative estimate of drug-likeness (QED) is 0.773. The van der Waals surface area contributed by atoms with Crippen molar-refractivity contribution in [2.45, 2.75) is 40.0 Å². The number of rotatable bonds is 7. The van der Waals surface area contributed by atoms with Gasteiger partial charge in [-0.1, -0.05) is 0 Å². The largest absolute Gasteiger partial charge is 0.491 e. The molecule has 0 radical (unpaired) electrons. The van der Waals surface area contributed by atoms with Crippen LogP contribution in [-0.2, 0) is 0 Å². The molecule has 1 aromatic rings. The summed E-state index contributed by atoms with van der Waals surface area (Å²) in [6.45, 7) is 5.97. The van der Waals surface area contributed by atoms with E-state index in [1.165, 1.54) is 0 Å². The maximum absolute atomic E-state index is 11.1. The second-order valence-corrected chi connectivity index (χ2v) is 5.41. The Morgan fingerprint density at radius 1 is 1.45 bits per heavy atom. The van der Waals surface area contributed by atoms with E-state index < -0.39 is 5.97 Å². The first kappa shape index (κ1) is 16.0. The summed E-state index contributed by atoms with van der Waals surface area (Å²) in [5.74, 6) is -0.794. The zero-order valence-corrected chi connectivity index (χ0v) is 12.1. The van der Waals surface area contributed by atoms with E-state index in [0.29, 0.717) is 18.1 Å². The lowest BCUT2D eigenvalue weighted by Crippen LogP contribution is -2.10. The summed E-state index contributed by atoms with van der Waals surface area (Å²) in [7, 11) is 0. The van der Waals surface area contributed by atoms with Crippen LogP contribution < -0.4 is 4.74 Å². The number of hydrogen-bond acceptors (Lipinski definition) is 4. The minimum absolute atomic E-state index is 0.0534. The van der Waals surface area contributed by atoms with Gasteiger partial charge in [0.05, 0.1) is 18.1 Å². The molecule has 0 unspecified atom stereocenters. The third-order valence-electron chi connectivity index (χ3n) is 2.96. The SMILES string of the molecule is Cc1ccc(OCCCCC(C)(C)C#N)c(C(=O)O)n1. The van der Waals surface area contributed by atoms with Gasteiger partial charge in [0.15, 0.2) is 11.4 Å². The number of hydrogen-bond donors (Lipinski definition) is 1. The van der Waals surface area contributed by atoms with Gasteiger partial charge in [0.2, 0.25) is 0 Å². The van der Waals surface area contributed by atoms with Gasteiger partial charge < -0.3 is 9.84 Å². The normalized spacial score (nSPS) is 10.9. The lowest BCUT2D eigenvalue weighted by molar-refractivity contribution is 0.0685. The van der Waals surface area contributed by atoms with Crippen molar-refractivity contribution in [2.24, 2.45) is 5.41 Å². The molecule has 0 aromatic carbocycles. The minimum Gasteiger partial charge on any atom is -0.491 e. The van der Waals surface area contributed by atoms with E-state index in [2.05, 4.69) is 11.1 Å². The van der Waals surface area contributed by atoms with Crippen molar-refractivity contribution < 1.29 is 14.6 Å². The van der Waals surface area contributed by atoms with Gasteiger partial charge in [0.25, 0.3) is 0 Å². The summed E-state index contributed by atoms with van der Waals surface area (Å²) in [4.78, 5) is 15.0. The van der Waals surface area contributed by atoms with Crippen molar-refractivity contribution in [2.75, 3.05) is 6.61 Å². The highest BCUT2D eigenvalue weighted by molar-refractivity contribution is 5.88. The van der Waals surface area contributed by atoms with Crippen LogP contribution in [0, 0.1) is 23.7 Å². The highest BCUT2D eigenvalue weighted by Crippen LogP contribution is 2.22. The summed E-state index contributed by atoms with van der Waals surface area (Å²) >= 11 is 0. The molecule has 5 heteroatoms. The average molecular weight is 276 g/mol. The molecule has 1 heterocycles. The van der Waals surface area contributed by atoms with Crippen LogP contribution >= 0.6 is 0 Å². The summed E-state index contributed by atoms with van der Waals surface area (Å²) in [5, 5.41) is 18.0. The second-order valence-electron chi connectivity index (χ2n) is 5.41. The van der Waals surface area contributed by atoms with E-state index >= 15 is 0 Å². The van der Waals surface area contributed by atoms with E-state index in [-0.39, 0.29) is 11.1 Å². The first-order valence-corrected chi connectivity index (χ1v) is 6.61. The van der Waals surface area contributed by atoms with Crippen LogP contribution in [0.4, 0.5) is 0 Å². The van der Waals surface area contributed by atoms with E-state index in [1.54, 1.807) is 19.1 Å². The Balaban J connectivity index is 2.47. The van der Waals surface area contributed by atoms with Gasteiger partial charge >= 0.3 is 5.97 Å². The molecule has 5 nitrogen and oxygen atoms in total. The Morgan fingerprint density at radius 2 is 2.15 bits per heavy atom. The maximum Gasteiger partial charge on any atom is 0.358 e. The first-order chi connectivity index (χ1) is 9.35. The molecule has 0 saturated heterocycles. The molecule has 1 rings (SSSR count). The van der Waals surface area contributed by atoms with Crippen molar-refractivity contribution >= 4 is 5.97 Å². The second kappa shape index (κ2) is 6.90. The predicted molar refractivity (Wildman–Crippen MR) is 74.7 cm³/mol. The van der Waals surface area contributed by atoms with Crippen molar-refractivity contribution in [3.8, 4) is 11.8 Å². The Bertz CT molecular complexity index is 518. The molecule has 1 N–H and O–H groups in total. The van der Waals surface area contributed by atoms with Gasteiger partial charge in [-0.3, -0.25) is 0 Å². The van der Waals surface area contributed by atoms with Gasteiger partial charge in [-0.25, -0.2) is 9.78 Å². The lowest BCUT2D eigenvalue weighted by Gasteiger charge is -2.14.